The molecule has 9 aromatic rings. The van der Waals surface area contributed by atoms with E-state index in [2.05, 4.69) is 315 Å². The molecule has 6 aromatic carbocycles. The second-order valence-electron chi connectivity index (χ2n) is 35.5. The highest BCUT2D eigenvalue weighted by Gasteiger charge is 2.60. The molecule has 3 aromatic heterocycles. The number of aromatic nitrogens is 3. The first-order valence-corrected chi connectivity index (χ1v) is 33.1. The first-order chi connectivity index (χ1) is 40.4. The van der Waals surface area contributed by atoms with Gasteiger partial charge in [-0.3, -0.25) is 15.0 Å². The monoisotopic (exact) mass is 1170 g/mol. The van der Waals surface area contributed by atoms with Crippen molar-refractivity contribution in [3.05, 3.63) is 195 Å². The molecule has 0 bridgehead atoms. The van der Waals surface area contributed by atoms with Gasteiger partial charge in [0.25, 0.3) is 0 Å². The standard InChI is InChI=1S/C85H103N3/c1-74(2,3)67-46-86-71(52-37-31-28-34-49(52)67)58-43-64-61(77(10,11)83(22,23)80(64,16)17)40-55(58)70(56-41-62-65(81(18,19)84(24,25)78(62,12)13)44-59(56)72-53-38-32-29-35-50(53)68(47-87-72)75(4,5)6)57-42-63-66(82(20,21)85(26,27)79(63,14)15)45-60(57)73-54-39-33-30-36-51(54)69(48-88-73)76(7,8)9/h28-48,70H,1-27H3. The van der Waals surface area contributed by atoms with Gasteiger partial charge < -0.3 is 0 Å². The Balaban J connectivity index is 1.38. The molecular weight excluding hydrogens is 1060 g/mol. The van der Waals surface area contributed by atoms with E-state index in [1.54, 1.807) is 0 Å². The largest absolute Gasteiger partial charge is 0.255 e. The molecule has 3 heteroatoms. The van der Waals surface area contributed by atoms with Gasteiger partial charge in [-0.25, -0.2) is 0 Å². The average Bonchev–Trinajstić information content (AvgIpc) is 1.51. The highest BCUT2D eigenvalue weighted by atomic mass is 14.7. The van der Waals surface area contributed by atoms with E-state index in [9.17, 15) is 0 Å². The fraction of sp³-hybridized carbons (Fsp3) is 0.471. The lowest BCUT2D eigenvalue weighted by atomic mass is 9.59. The van der Waals surface area contributed by atoms with Gasteiger partial charge in [0.15, 0.2) is 0 Å². The van der Waals surface area contributed by atoms with Crippen molar-refractivity contribution in [1.82, 2.24) is 15.0 Å². The van der Waals surface area contributed by atoms with E-state index in [1.165, 1.54) is 116 Å². The zero-order valence-electron chi connectivity index (χ0n) is 59.0. The Morgan fingerprint density at radius 1 is 0.273 bits per heavy atom. The van der Waals surface area contributed by atoms with E-state index in [4.69, 9.17) is 15.0 Å². The third-order valence-corrected chi connectivity index (χ3v) is 26.5. The number of hydrogen-bond acceptors (Lipinski definition) is 3. The van der Waals surface area contributed by atoms with Gasteiger partial charge in [0, 0.05) is 57.4 Å². The van der Waals surface area contributed by atoms with Gasteiger partial charge >= 0.3 is 0 Å². The Hall–Kier alpha value is -6.45. The topological polar surface area (TPSA) is 38.7 Å². The fourth-order valence-corrected chi connectivity index (χ4v) is 17.2. The SMILES string of the molecule is CC(C)(C)c1cnc(-c2cc3c(cc2C(c2cc4c(cc2-c2ncc(C(C)(C)C)c5ccccc25)C(C)(C)C(C)(C)C4(C)C)c2cc4c(cc2-c2ncc(C(C)(C)C)c5ccccc25)C(C)(C)C(C)(C)C4(C)C)C(C)(C)C(C)(C)C3(C)C)c2ccccc12. The Morgan fingerprint density at radius 2 is 0.466 bits per heavy atom. The summed E-state index contributed by atoms with van der Waals surface area (Å²) in [5.41, 5.74) is 20.6. The first-order valence-electron chi connectivity index (χ1n) is 33.1. The van der Waals surface area contributed by atoms with Gasteiger partial charge in [0.2, 0.25) is 0 Å². The zero-order chi connectivity index (χ0) is 64.4. The highest BCUT2D eigenvalue weighted by Crippen LogP contribution is 2.67. The number of pyridine rings is 3. The van der Waals surface area contributed by atoms with Crippen LogP contribution in [-0.4, -0.2) is 15.0 Å². The van der Waals surface area contributed by atoms with E-state index in [1.807, 2.05) is 0 Å². The summed E-state index contributed by atoms with van der Waals surface area (Å²) < 4.78 is 0. The van der Waals surface area contributed by atoms with Gasteiger partial charge in [0.1, 0.15) is 0 Å². The molecule has 0 aliphatic heterocycles. The lowest BCUT2D eigenvalue weighted by Crippen LogP contribution is -2.42. The third kappa shape index (κ3) is 8.14. The molecule has 88 heavy (non-hydrogen) atoms. The normalized spacial score (nSPS) is 19.8. The molecule has 0 spiro atoms. The summed E-state index contributed by atoms with van der Waals surface area (Å²) in [5, 5.41) is 7.29. The van der Waals surface area contributed by atoms with E-state index in [0.717, 1.165) is 17.1 Å². The predicted octanol–water partition coefficient (Wildman–Crippen LogP) is 23.2. The molecule has 0 atom stereocenters. The van der Waals surface area contributed by atoms with Crippen LogP contribution in [0.1, 0.15) is 260 Å². The predicted molar refractivity (Wildman–Crippen MR) is 378 cm³/mol. The minimum absolute atomic E-state index is 0.117. The third-order valence-electron chi connectivity index (χ3n) is 26.5. The molecule has 3 aliphatic rings. The van der Waals surface area contributed by atoms with Crippen molar-refractivity contribution in [2.45, 2.75) is 242 Å². The molecule has 0 fully saturated rings. The minimum atomic E-state index is -0.373. The summed E-state index contributed by atoms with van der Waals surface area (Å²) in [6, 6.07) is 43.5. The molecule has 3 heterocycles. The second kappa shape index (κ2) is 18.8. The van der Waals surface area contributed by atoms with Crippen molar-refractivity contribution >= 4 is 32.3 Å². The molecule has 3 nitrogen and oxygen atoms in total. The zero-order valence-corrected chi connectivity index (χ0v) is 59.0. The maximum absolute atomic E-state index is 5.84. The van der Waals surface area contributed by atoms with E-state index in [-0.39, 0.29) is 70.9 Å². The van der Waals surface area contributed by atoms with E-state index < -0.39 is 0 Å². The van der Waals surface area contributed by atoms with Gasteiger partial charge in [-0.05, 0) is 166 Å². The van der Waals surface area contributed by atoms with Crippen LogP contribution in [0.4, 0.5) is 0 Å². The molecule has 0 saturated carbocycles. The molecule has 12 rings (SSSR count). The van der Waals surface area contributed by atoms with Crippen LogP contribution < -0.4 is 0 Å². The maximum atomic E-state index is 5.84. The number of benzene rings is 6. The van der Waals surface area contributed by atoms with Crippen LogP contribution >= 0.6 is 0 Å². The molecular formula is C85H103N3. The van der Waals surface area contributed by atoms with Crippen LogP contribution in [0, 0.1) is 16.2 Å². The summed E-state index contributed by atoms with van der Waals surface area (Å²) in [5.74, 6) is -0.373. The van der Waals surface area contributed by atoms with Crippen molar-refractivity contribution in [3.8, 4) is 33.8 Å². The van der Waals surface area contributed by atoms with Gasteiger partial charge in [-0.1, -0.05) is 278 Å². The summed E-state index contributed by atoms with van der Waals surface area (Å²) >= 11 is 0. The Bertz CT molecular complexity index is 3960. The van der Waals surface area contributed by atoms with Gasteiger partial charge in [-0.2, -0.15) is 0 Å². The summed E-state index contributed by atoms with van der Waals surface area (Å²) in [6.07, 6.45) is 6.64. The molecule has 0 radical (unpaired) electrons. The smallest absolute Gasteiger partial charge is 0.0783 e. The van der Waals surface area contributed by atoms with Crippen LogP contribution in [0.5, 0.6) is 0 Å². The van der Waals surface area contributed by atoms with Crippen LogP contribution in [-0.2, 0) is 48.7 Å². The maximum Gasteiger partial charge on any atom is 0.0783 e. The summed E-state index contributed by atoms with van der Waals surface area (Å²) in [6.45, 7) is 66.2. The quantitative estimate of drug-likeness (QED) is 0.156. The Labute approximate surface area is 530 Å². The molecule has 458 valence electrons. The first kappa shape index (κ1) is 61.8. The lowest BCUT2D eigenvalue weighted by Gasteiger charge is -2.44. The molecule has 3 aliphatic carbocycles. The number of fused-ring (bicyclic) bond motifs is 6. The van der Waals surface area contributed by atoms with Crippen molar-refractivity contribution in [1.29, 1.82) is 0 Å². The lowest BCUT2D eigenvalue weighted by molar-refractivity contribution is 0.125. The van der Waals surface area contributed by atoms with E-state index >= 15 is 0 Å². The highest BCUT2D eigenvalue weighted by molar-refractivity contribution is 6.02. The number of rotatable bonds is 6. The van der Waals surface area contributed by atoms with Crippen LogP contribution in [0.15, 0.2) is 128 Å². The second-order valence-corrected chi connectivity index (χ2v) is 35.5. The van der Waals surface area contributed by atoms with E-state index in [0.29, 0.717) is 0 Å². The van der Waals surface area contributed by atoms with Crippen molar-refractivity contribution in [2.75, 3.05) is 0 Å². The summed E-state index contributed by atoms with van der Waals surface area (Å²) in [4.78, 5) is 17.5. The Kier molecular flexibility index (Phi) is 13.2. The van der Waals surface area contributed by atoms with Gasteiger partial charge in [-0.15, -0.1) is 0 Å². The fourth-order valence-electron chi connectivity index (χ4n) is 17.2. The van der Waals surface area contributed by atoms with Crippen LogP contribution in [0.3, 0.4) is 0 Å². The minimum Gasteiger partial charge on any atom is -0.255 e. The van der Waals surface area contributed by atoms with Crippen LogP contribution in [0.2, 0.25) is 0 Å². The number of hydrogen-bond donors (Lipinski definition) is 0. The average molecular weight is 1170 g/mol. The molecule has 0 amide bonds. The number of nitrogens with zero attached hydrogens (tertiary/aromatic N) is 3. The van der Waals surface area contributed by atoms with Crippen LogP contribution in [0.25, 0.3) is 66.1 Å². The van der Waals surface area contributed by atoms with Crippen molar-refractivity contribution in [3.63, 3.8) is 0 Å². The summed E-state index contributed by atoms with van der Waals surface area (Å²) in [7, 11) is 0. The van der Waals surface area contributed by atoms with Gasteiger partial charge in [0.05, 0.1) is 17.1 Å². The Morgan fingerprint density at radius 3 is 0.670 bits per heavy atom. The van der Waals surface area contributed by atoms with Crippen molar-refractivity contribution < 1.29 is 0 Å². The molecule has 0 saturated heterocycles. The molecule has 0 N–H and O–H groups in total. The van der Waals surface area contributed by atoms with Crippen molar-refractivity contribution in [2.24, 2.45) is 16.2 Å². The molecule has 0 unspecified atom stereocenters.